The van der Waals surface area contributed by atoms with E-state index in [1.165, 1.54) is 0 Å². The van der Waals surface area contributed by atoms with Gasteiger partial charge in [0.1, 0.15) is 6.61 Å². The molecule has 0 aliphatic carbocycles. The van der Waals surface area contributed by atoms with E-state index in [1.54, 1.807) is 6.26 Å². The Morgan fingerprint density at radius 1 is 1.67 bits per heavy atom. The smallest absolute Gasteiger partial charge is 0.126 e. The highest BCUT2D eigenvalue weighted by atomic mass is 16.5. The van der Waals surface area contributed by atoms with Crippen LogP contribution in [0.15, 0.2) is 23.6 Å². The van der Waals surface area contributed by atoms with Crippen LogP contribution in [0.5, 0.6) is 0 Å². The van der Waals surface area contributed by atoms with E-state index in [9.17, 15) is 5.21 Å². The fraction of sp³-hybridized carbons (Fsp3) is 0.556. The molecule has 0 saturated carbocycles. The largest absolute Gasteiger partial charge is 0.758 e. The molecule has 0 aromatic rings. The van der Waals surface area contributed by atoms with Gasteiger partial charge < -0.3 is 15.0 Å². The van der Waals surface area contributed by atoms with E-state index in [0.717, 1.165) is 22.8 Å². The molecule has 0 N–H and O–H groups in total. The predicted octanol–water partition coefficient (Wildman–Crippen LogP) is 1.62. The maximum Gasteiger partial charge on any atom is 0.126 e. The summed E-state index contributed by atoms with van der Waals surface area (Å²) in [5.74, 6) is 0.505. The molecule has 12 heavy (non-hydrogen) atoms. The standard InChI is InChI=1S/C9H12NO2/c1-7-2-4-10(11)9-6-12-5-3-8(7)9/h3,5,7H,2,4,6H2,1H3/q-1. The Morgan fingerprint density at radius 2 is 2.50 bits per heavy atom. The van der Waals surface area contributed by atoms with E-state index in [2.05, 4.69) is 6.92 Å². The summed E-state index contributed by atoms with van der Waals surface area (Å²) in [5, 5.41) is 12.4. The Hall–Kier alpha value is -0.960. The van der Waals surface area contributed by atoms with Gasteiger partial charge in [0.05, 0.1) is 6.26 Å². The number of hydroxylamine groups is 2. The van der Waals surface area contributed by atoms with Crippen molar-refractivity contribution < 1.29 is 4.74 Å². The van der Waals surface area contributed by atoms with Gasteiger partial charge in [0.25, 0.3) is 0 Å². The minimum atomic E-state index is 0.444. The first-order chi connectivity index (χ1) is 5.79. The minimum Gasteiger partial charge on any atom is -0.758 e. The van der Waals surface area contributed by atoms with E-state index >= 15 is 0 Å². The van der Waals surface area contributed by atoms with Gasteiger partial charge in [0, 0.05) is 12.2 Å². The molecule has 0 saturated heterocycles. The summed E-state index contributed by atoms with van der Waals surface area (Å²) in [6, 6.07) is 0. The summed E-state index contributed by atoms with van der Waals surface area (Å²) in [6.07, 6.45) is 4.54. The van der Waals surface area contributed by atoms with Gasteiger partial charge in [-0.2, -0.15) is 0 Å². The third kappa shape index (κ3) is 1.10. The maximum absolute atomic E-state index is 11.3. The molecular formula is C9H12NO2-. The quantitative estimate of drug-likeness (QED) is 0.548. The van der Waals surface area contributed by atoms with Crippen molar-refractivity contribution in [2.24, 2.45) is 5.92 Å². The van der Waals surface area contributed by atoms with Crippen molar-refractivity contribution in [1.82, 2.24) is 5.06 Å². The normalized spacial score (nSPS) is 28.5. The monoisotopic (exact) mass is 166 g/mol. The van der Waals surface area contributed by atoms with Crippen molar-refractivity contribution >= 4 is 0 Å². The summed E-state index contributed by atoms with van der Waals surface area (Å²) < 4.78 is 5.08. The summed E-state index contributed by atoms with van der Waals surface area (Å²) in [5.41, 5.74) is 1.97. The molecule has 1 atom stereocenters. The molecule has 0 aromatic carbocycles. The van der Waals surface area contributed by atoms with E-state index in [-0.39, 0.29) is 0 Å². The lowest BCUT2D eigenvalue weighted by atomic mass is 9.92. The van der Waals surface area contributed by atoms with Gasteiger partial charge >= 0.3 is 0 Å². The third-order valence-electron chi connectivity index (χ3n) is 2.49. The van der Waals surface area contributed by atoms with Gasteiger partial charge in [-0.25, -0.2) is 0 Å². The Kier molecular flexibility index (Phi) is 1.81. The highest BCUT2D eigenvalue weighted by Gasteiger charge is 2.20. The van der Waals surface area contributed by atoms with Crippen LogP contribution in [0, 0.1) is 11.1 Å². The molecule has 0 bridgehead atoms. The molecule has 0 fully saturated rings. The van der Waals surface area contributed by atoms with Crippen LogP contribution < -0.4 is 0 Å². The van der Waals surface area contributed by atoms with Crippen LogP contribution in [-0.2, 0) is 4.74 Å². The predicted molar refractivity (Wildman–Crippen MR) is 46.0 cm³/mol. The summed E-state index contributed by atoms with van der Waals surface area (Å²) >= 11 is 0. The number of nitrogens with zero attached hydrogens (tertiary/aromatic N) is 1. The van der Waals surface area contributed by atoms with Crippen LogP contribution >= 0.6 is 0 Å². The molecule has 2 aliphatic heterocycles. The summed E-state index contributed by atoms with van der Waals surface area (Å²) in [6.45, 7) is 3.20. The van der Waals surface area contributed by atoms with Gasteiger partial charge in [-0.3, -0.25) is 0 Å². The fourth-order valence-electron chi connectivity index (χ4n) is 1.69. The second-order valence-corrected chi connectivity index (χ2v) is 3.31. The Morgan fingerprint density at radius 3 is 3.25 bits per heavy atom. The van der Waals surface area contributed by atoms with Gasteiger partial charge in [0.2, 0.25) is 0 Å². The van der Waals surface area contributed by atoms with Crippen LogP contribution in [0.1, 0.15) is 13.3 Å². The Labute approximate surface area is 71.9 Å². The minimum absolute atomic E-state index is 0.444. The highest BCUT2D eigenvalue weighted by molar-refractivity contribution is 5.31. The van der Waals surface area contributed by atoms with Crippen molar-refractivity contribution in [2.75, 3.05) is 13.2 Å². The number of allylic oxidation sites excluding steroid dienone is 2. The molecule has 0 radical (unpaired) electrons. The topological polar surface area (TPSA) is 35.5 Å². The molecule has 3 heteroatoms. The lowest BCUT2D eigenvalue weighted by Crippen LogP contribution is -2.30. The Balaban J connectivity index is 2.34. The van der Waals surface area contributed by atoms with Gasteiger partial charge in [-0.1, -0.05) is 6.92 Å². The van der Waals surface area contributed by atoms with Crippen LogP contribution in [0.25, 0.3) is 0 Å². The molecule has 3 nitrogen and oxygen atoms in total. The fourth-order valence-corrected chi connectivity index (χ4v) is 1.69. The molecule has 2 rings (SSSR count). The molecule has 66 valence electrons. The molecule has 0 aromatic heterocycles. The molecular weight excluding hydrogens is 154 g/mol. The zero-order valence-electron chi connectivity index (χ0n) is 7.12. The average Bonchev–Trinajstić information content (AvgIpc) is 2.12. The molecule has 2 heterocycles. The lowest BCUT2D eigenvalue weighted by molar-refractivity contribution is 0.223. The second kappa shape index (κ2) is 2.83. The Bertz CT molecular complexity index is 245. The van der Waals surface area contributed by atoms with Gasteiger partial charge in [-0.15, -0.1) is 0 Å². The first-order valence-corrected chi connectivity index (χ1v) is 4.25. The summed E-state index contributed by atoms with van der Waals surface area (Å²) in [7, 11) is 0. The van der Waals surface area contributed by atoms with E-state index in [0.29, 0.717) is 19.1 Å². The number of ether oxygens (including phenoxy) is 1. The van der Waals surface area contributed by atoms with Crippen molar-refractivity contribution in [3.8, 4) is 0 Å². The van der Waals surface area contributed by atoms with Crippen LogP contribution in [-0.4, -0.2) is 18.2 Å². The molecule has 0 spiro atoms. The maximum atomic E-state index is 11.3. The highest BCUT2D eigenvalue weighted by Crippen LogP contribution is 2.29. The first-order valence-electron chi connectivity index (χ1n) is 4.25. The SMILES string of the molecule is CC1CCN([O-])C2=C1C=COC2. The molecule has 0 amide bonds. The number of hydrogen-bond donors (Lipinski definition) is 0. The number of rotatable bonds is 0. The second-order valence-electron chi connectivity index (χ2n) is 3.31. The van der Waals surface area contributed by atoms with Crippen LogP contribution in [0.3, 0.4) is 0 Å². The van der Waals surface area contributed by atoms with E-state index in [4.69, 9.17) is 4.74 Å². The van der Waals surface area contributed by atoms with E-state index < -0.39 is 0 Å². The van der Waals surface area contributed by atoms with Crippen molar-refractivity contribution in [3.63, 3.8) is 0 Å². The molecule has 1 unspecified atom stereocenters. The summed E-state index contributed by atoms with van der Waals surface area (Å²) in [4.78, 5) is 0. The first kappa shape index (κ1) is 7.68. The van der Waals surface area contributed by atoms with Crippen molar-refractivity contribution in [3.05, 3.63) is 28.8 Å². The lowest BCUT2D eigenvalue weighted by Gasteiger charge is -2.41. The average molecular weight is 166 g/mol. The van der Waals surface area contributed by atoms with Crippen LogP contribution in [0.4, 0.5) is 0 Å². The third-order valence-corrected chi connectivity index (χ3v) is 2.49. The zero-order chi connectivity index (χ0) is 8.55. The van der Waals surface area contributed by atoms with Gasteiger partial charge in [0.15, 0.2) is 0 Å². The van der Waals surface area contributed by atoms with Crippen molar-refractivity contribution in [2.45, 2.75) is 13.3 Å². The zero-order valence-corrected chi connectivity index (χ0v) is 7.12. The van der Waals surface area contributed by atoms with Crippen LogP contribution in [0.2, 0.25) is 0 Å². The van der Waals surface area contributed by atoms with Gasteiger partial charge in [-0.05, 0) is 24.0 Å². The number of hydrogen-bond acceptors (Lipinski definition) is 3. The van der Waals surface area contributed by atoms with E-state index in [1.807, 2.05) is 6.08 Å². The van der Waals surface area contributed by atoms with Crippen molar-refractivity contribution in [1.29, 1.82) is 0 Å². The molecule has 2 aliphatic rings.